The zero-order valence-electron chi connectivity index (χ0n) is 19.6. The summed E-state index contributed by atoms with van der Waals surface area (Å²) in [5, 5.41) is 0. The molecular formula is C27H44O2. The number of ether oxygens (including phenoxy) is 1. The van der Waals surface area contributed by atoms with Gasteiger partial charge in [0.05, 0.1) is 5.56 Å². The molecule has 2 atom stereocenters. The molecule has 0 saturated carbocycles. The minimum atomic E-state index is -0.248. The Morgan fingerprint density at radius 2 is 1.41 bits per heavy atom. The van der Waals surface area contributed by atoms with Crippen molar-refractivity contribution < 1.29 is 9.53 Å². The van der Waals surface area contributed by atoms with Gasteiger partial charge in [0.2, 0.25) is 0 Å². The Kier molecular flexibility index (Phi) is 13.4. The lowest BCUT2D eigenvalue weighted by molar-refractivity contribution is 0.0549. The Morgan fingerprint density at radius 1 is 0.862 bits per heavy atom. The number of hydrogen-bond acceptors (Lipinski definition) is 2. The lowest BCUT2D eigenvalue weighted by Crippen LogP contribution is -2.05. The molecular weight excluding hydrogens is 356 g/mol. The minimum absolute atomic E-state index is 0.248. The zero-order valence-corrected chi connectivity index (χ0v) is 19.6. The first-order valence-electron chi connectivity index (χ1n) is 11.8. The molecule has 1 rings (SSSR count). The van der Waals surface area contributed by atoms with Gasteiger partial charge >= 0.3 is 5.97 Å². The molecule has 0 aromatic heterocycles. The highest BCUT2D eigenvalue weighted by atomic mass is 16.5. The number of hydrogen-bond donors (Lipinski definition) is 0. The highest BCUT2D eigenvalue weighted by Gasteiger charge is 2.07. The smallest absolute Gasteiger partial charge is 0.338 e. The van der Waals surface area contributed by atoms with Gasteiger partial charge in [-0.15, -0.1) is 0 Å². The Hall–Kier alpha value is -1.57. The summed E-state index contributed by atoms with van der Waals surface area (Å²) in [7, 11) is 0. The second-order valence-corrected chi connectivity index (χ2v) is 9.37. The highest BCUT2D eigenvalue weighted by Crippen LogP contribution is 2.22. The summed E-state index contributed by atoms with van der Waals surface area (Å²) in [6, 6.07) is 9.18. The molecule has 2 heteroatoms. The van der Waals surface area contributed by atoms with E-state index in [0.29, 0.717) is 12.2 Å². The fraction of sp³-hybridized carbons (Fsp3) is 0.667. The Balaban J connectivity index is 2.08. The van der Waals surface area contributed by atoms with Crippen LogP contribution >= 0.6 is 0 Å². The van der Waals surface area contributed by atoms with Crippen LogP contribution in [-0.2, 0) is 4.74 Å². The van der Waals surface area contributed by atoms with Gasteiger partial charge in [0, 0.05) is 0 Å². The molecule has 0 N–H and O–H groups in total. The predicted molar refractivity (Wildman–Crippen MR) is 125 cm³/mol. The van der Waals surface area contributed by atoms with E-state index in [9.17, 15) is 4.79 Å². The van der Waals surface area contributed by atoms with E-state index in [4.69, 9.17) is 4.74 Å². The van der Waals surface area contributed by atoms with Crippen LogP contribution in [0.4, 0.5) is 0 Å². The van der Waals surface area contributed by atoms with Gasteiger partial charge in [0.1, 0.15) is 6.61 Å². The van der Waals surface area contributed by atoms with Gasteiger partial charge in [0.15, 0.2) is 0 Å². The number of benzene rings is 1. The lowest BCUT2D eigenvalue weighted by Gasteiger charge is -2.15. The summed E-state index contributed by atoms with van der Waals surface area (Å²) in [5.74, 6) is 2.28. The van der Waals surface area contributed by atoms with E-state index in [2.05, 4.69) is 34.6 Å². The van der Waals surface area contributed by atoms with Gasteiger partial charge in [-0.1, -0.05) is 96.4 Å². The topological polar surface area (TPSA) is 26.3 Å². The van der Waals surface area contributed by atoms with Crippen LogP contribution in [0.2, 0.25) is 0 Å². The van der Waals surface area contributed by atoms with Crippen LogP contribution in [-0.4, -0.2) is 12.6 Å². The zero-order chi connectivity index (χ0) is 21.5. The summed E-state index contributed by atoms with van der Waals surface area (Å²) >= 11 is 0. The van der Waals surface area contributed by atoms with Crippen LogP contribution in [0.1, 0.15) is 103 Å². The molecule has 0 spiro atoms. The van der Waals surface area contributed by atoms with Crippen LogP contribution in [0.3, 0.4) is 0 Å². The van der Waals surface area contributed by atoms with Crippen molar-refractivity contribution in [3.05, 3.63) is 47.5 Å². The Bertz CT molecular complexity index is 573. The summed E-state index contributed by atoms with van der Waals surface area (Å²) in [6.07, 6.45) is 13.9. The molecule has 0 radical (unpaired) electrons. The molecule has 29 heavy (non-hydrogen) atoms. The second kappa shape index (κ2) is 15.3. The third-order valence-electron chi connectivity index (χ3n) is 5.80. The minimum Gasteiger partial charge on any atom is -0.458 e. The van der Waals surface area contributed by atoms with Crippen LogP contribution < -0.4 is 0 Å². The number of carbonyl (C=O) groups is 1. The molecule has 0 aliphatic carbocycles. The number of rotatable bonds is 15. The second-order valence-electron chi connectivity index (χ2n) is 9.37. The first-order valence-corrected chi connectivity index (χ1v) is 11.8. The van der Waals surface area contributed by atoms with E-state index in [1.807, 2.05) is 24.3 Å². The molecule has 0 bridgehead atoms. The molecule has 2 nitrogen and oxygen atoms in total. The lowest BCUT2D eigenvalue weighted by atomic mass is 9.91. The summed E-state index contributed by atoms with van der Waals surface area (Å²) in [5.41, 5.74) is 1.93. The van der Waals surface area contributed by atoms with Crippen LogP contribution in [0.5, 0.6) is 0 Å². The monoisotopic (exact) mass is 400 g/mol. The van der Waals surface area contributed by atoms with Crippen molar-refractivity contribution in [1.29, 1.82) is 0 Å². The van der Waals surface area contributed by atoms with Crippen LogP contribution in [0.15, 0.2) is 42.0 Å². The molecule has 0 aliphatic rings. The van der Waals surface area contributed by atoms with E-state index in [0.717, 1.165) is 24.2 Å². The molecule has 1 aromatic rings. The summed E-state index contributed by atoms with van der Waals surface area (Å²) in [6.45, 7) is 12.0. The van der Waals surface area contributed by atoms with Gasteiger partial charge in [-0.05, 0) is 55.7 Å². The van der Waals surface area contributed by atoms with Crippen LogP contribution in [0.25, 0.3) is 0 Å². The van der Waals surface area contributed by atoms with Crippen molar-refractivity contribution in [1.82, 2.24) is 0 Å². The van der Waals surface area contributed by atoms with Gasteiger partial charge < -0.3 is 4.74 Å². The maximum Gasteiger partial charge on any atom is 0.338 e. The fourth-order valence-electron chi connectivity index (χ4n) is 3.73. The van der Waals surface area contributed by atoms with E-state index in [1.54, 1.807) is 12.1 Å². The third kappa shape index (κ3) is 13.3. The maximum absolute atomic E-state index is 11.9. The fourth-order valence-corrected chi connectivity index (χ4v) is 3.73. The molecule has 0 aliphatic heterocycles. The third-order valence-corrected chi connectivity index (χ3v) is 5.80. The number of esters is 1. The van der Waals surface area contributed by atoms with Crippen molar-refractivity contribution in [3.8, 4) is 0 Å². The van der Waals surface area contributed by atoms with Crippen molar-refractivity contribution in [3.63, 3.8) is 0 Å². The van der Waals surface area contributed by atoms with Crippen LogP contribution in [0, 0.1) is 17.8 Å². The van der Waals surface area contributed by atoms with Crippen molar-refractivity contribution >= 4 is 5.97 Å². The highest BCUT2D eigenvalue weighted by molar-refractivity contribution is 5.89. The molecule has 0 fully saturated rings. The molecule has 164 valence electrons. The molecule has 0 unspecified atom stereocenters. The predicted octanol–water partition coefficient (Wildman–Crippen LogP) is 8.23. The summed E-state index contributed by atoms with van der Waals surface area (Å²) in [4.78, 5) is 11.9. The largest absolute Gasteiger partial charge is 0.458 e. The quantitative estimate of drug-likeness (QED) is 0.219. The van der Waals surface area contributed by atoms with Gasteiger partial charge in [-0.3, -0.25) is 0 Å². The molecule has 0 amide bonds. The Labute approximate surface area is 180 Å². The number of allylic oxidation sites excluding steroid dienone is 1. The standard InChI is InChI=1S/C27H44O2/c1-22(2)12-9-13-23(3)14-10-15-24(4)16-11-17-25(5)20-21-29-27(28)26-18-7-6-8-19-26/h6-8,18-20,22-24H,9-17,21H2,1-5H3/b25-20-/t23-,24-/m1/s1. The molecule has 0 saturated heterocycles. The van der Waals surface area contributed by atoms with Crippen molar-refractivity contribution in [2.75, 3.05) is 6.61 Å². The average molecular weight is 401 g/mol. The first-order chi connectivity index (χ1) is 13.9. The van der Waals surface area contributed by atoms with E-state index < -0.39 is 0 Å². The van der Waals surface area contributed by atoms with Crippen molar-refractivity contribution in [2.45, 2.75) is 92.4 Å². The van der Waals surface area contributed by atoms with E-state index in [-0.39, 0.29) is 5.97 Å². The van der Waals surface area contributed by atoms with E-state index in [1.165, 1.54) is 56.9 Å². The SMILES string of the molecule is C/C(=C/COC(=O)c1ccccc1)CCC[C@H](C)CCC[C@H](C)CCCC(C)C. The van der Waals surface area contributed by atoms with Gasteiger partial charge in [-0.25, -0.2) is 4.79 Å². The average Bonchev–Trinajstić information content (AvgIpc) is 2.68. The first kappa shape index (κ1) is 25.5. The number of carbonyl (C=O) groups excluding carboxylic acids is 1. The normalized spacial score (nSPS) is 14.1. The Morgan fingerprint density at radius 3 is 2.00 bits per heavy atom. The molecule has 1 aromatic carbocycles. The van der Waals surface area contributed by atoms with Gasteiger partial charge in [-0.2, -0.15) is 0 Å². The maximum atomic E-state index is 11.9. The molecule has 0 heterocycles. The summed E-state index contributed by atoms with van der Waals surface area (Å²) < 4.78 is 5.33. The van der Waals surface area contributed by atoms with E-state index >= 15 is 0 Å². The van der Waals surface area contributed by atoms with Gasteiger partial charge in [0.25, 0.3) is 0 Å². The van der Waals surface area contributed by atoms with Crippen molar-refractivity contribution in [2.24, 2.45) is 17.8 Å².